The van der Waals surface area contributed by atoms with Gasteiger partial charge < -0.3 is 19.5 Å². The molecule has 0 saturated carbocycles. The Morgan fingerprint density at radius 3 is 2.24 bits per heavy atom. The van der Waals surface area contributed by atoms with Crippen LogP contribution in [-0.2, 0) is 23.8 Å². The number of hydrogen-bond donors (Lipinski definition) is 1. The number of hydrogen-bond acceptors (Lipinski definition) is 7. The number of esters is 2. The molecule has 0 aromatic heterocycles. The summed E-state index contributed by atoms with van der Waals surface area (Å²) in [5, 5.41) is 2.65. The minimum Gasteiger partial charge on any atom is -0.460 e. The summed E-state index contributed by atoms with van der Waals surface area (Å²) in [4.78, 5) is 37.1. The van der Waals surface area contributed by atoms with E-state index in [0.717, 1.165) is 22.3 Å². The summed E-state index contributed by atoms with van der Waals surface area (Å²) in [5.74, 6) is 0.0112. The molecule has 0 radical (unpaired) electrons. The summed E-state index contributed by atoms with van der Waals surface area (Å²) >= 11 is 1.45. The zero-order chi connectivity index (χ0) is 26.8. The number of amides is 1. The van der Waals surface area contributed by atoms with Crippen molar-refractivity contribution in [2.45, 2.75) is 51.2 Å². The zero-order valence-electron chi connectivity index (χ0n) is 21.7. The minimum absolute atomic E-state index is 0.0466. The summed E-state index contributed by atoms with van der Waals surface area (Å²) < 4.78 is 16.1. The highest BCUT2D eigenvalue weighted by Gasteiger charge is 2.30. The fourth-order valence-corrected chi connectivity index (χ4v) is 5.08. The van der Waals surface area contributed by atoms with Crippen LogP contribution in [0.25, 0.3) is 11.1 Å². The maximum absolute atomic E-state index is 12.7. The Labute approximate surface area is 222 Å². The van der Waals surface area contributed by atoms with Gasteiger partial charge in [0.15, 0.2) is 0 Å². The minimum atomic E-state index is -0.887. The number of benzene rings is 2. The molecule has 0 saturated heterocycles. The number of carbonyl (C=O) groups excluding carboxylic acids is 3. The molecule has 1 N–H and O–H groups in total. The standard InChI is InChI=1S/C29H35NO6S/c1-5-16-34-27(32)25(19-37-17-10-15-26(31)36-29(2,3)4)30-28(33)35-18-24-22-13-8-6-11-20(22)21-12-7-9-14-23(21)24/h5-9,11-14,24-25H,1,10,15-19H2,2-4H3,(H,30,33)/t25-/m1/s1. The SMILES string of the molecule is C=CCOC(=O)[C@@H](CSCCCC(=O)OC(C)(C)C)NC(=O)OCC1c2ccccc2-c2ccccc21. The Bertz CT molecular complexity index is 1060. The second-order valence-corrected chi connectivity index (χ2v) is 10.9. The summed E-state index contributed by atoms with van der Waals surface area (Å²) in [6.45, 7) is 9.23. The summed E-state index contributed by atoms with van der Waals surface area (Å²) in [7, 11) is 0. The van der Waals surface area contributed by atoms with Gasteiger partial charge in [-0.1, -0.05) is 61.2 Å². The number of alkyl carbamates (subject to hydrolysis) is 1. The maximum Gasteiger partial charge on any atom is 0.407 e. The van der Waals surface area contributed by atoms with E-state index >= 15 is 0 Å². The number of ether oxygens (including phenoxy) is 3. The number of fused-ring (bicyclic) bond motifs is 3. The fraction of sp³-hybridized carbons (Fsp3) is 0.414. The number of rotatable bonds is 12. The normalized spacial score (nSPS) is 13.2. The Morgan fingerprint density at radius 2 is 1.65 bits per heavy atom. The molecule has 0 fully saturated rings. The van der Waals surface area contributed by atoms with Gasteiger partial charge in [-0.15, -0.1) is 0 Å². The lowest BCUT2D eigenvalue weighted by Gasteiger charge is -2.20. The first kappa shape index (κ1) is 28.3. The van der Waals surface area contributed by atoms with Crippen molar-refractivity contribution < 1.29 is 28.6 Å². The molecule has 3 rings (SSSR count). The van der Waals surface area contributed by atoms with Gasteiger partial charge in [-0.05, 0) is 55.2 Å². The largest absolute Gasteiger partial charge is 0.460 e. The first-order chi connectivity index (χ1) is 17.7. The number of nitrogens with one attached hydrogen (secondary N) is 1. The van der Waals surface area contributed by atoms with E-state index in [1.54, 1.807) is 0 Å². The van der Waals surface area contributed by atoms with Gasteiger partial charge in [-0.2, -0.15) is 11.8 Å². The molecule has 0 heterocycles. The first-order valence-electron chi connectivity index (χ1n) is 12.4. The third-order valence-corrected chi connectivity index (χ3v) is 6.78. The lowest BCUT2D eigenvalue weighted by atomic mass is 9.98. The lowest BCUT2D eigenvalue weighted by molar-refractivity contribution is -0.154. The van der Waals surface area contributed by atoms with Crippen LogP contribution in [0.1, 0.15) is 50.7 Å². The van der Waals surface area contributed by atoms with Gasteiger partial charge in [0.25, 0.3) is 0 Å². The van der Waals surface area contributed by atoms with Gasteiger partial charge in [0.05, 0.1) is 0 Å². The van der Waals surface area contributed by atoms with Gasteiger partial charge in [0, 0.05) is 18.1 Å². The van der Waals surface area contributed by atoms with E-state index in [4.69, 9.17) is 14.2 Å². The third-order valence-electron chi connectivity index (χ3n) is 5.64. The van der Waals surface area contributed by atoms with Crippen LogP contribution in [-0.4, -0.2) is 54.4 Å². The number of carbonyl (C=O) groups is 3. The summed E-state index contributed by atoms with van der Waals surface area (Å²) in [6.07, 6.45) is 1.67. The van der Waals surface area contributed by atoms with Crippen LogP contribution in [0.3, 0.4) is 0 Å². The van der Waals surface area contributed by atoms with Crippen molar-refractivity contribution in [3.63, 3.8) is 0 Å². The molecule has 8 heteroatoms. The molecule has 1 aliphatic rings. The Balaban J connectivity index is 1.52. The van der Waals surface area contributed by atoms with Crippen molar-refractivity contribution in [2.24, 2.45) is 0 Å². The van der Waals surface area contributed by atoms with Crippen LogP contribution in [0, 0.1) is 0 Å². The quantitative estimate of drug-likeness (QED) is 0.170. The molecule has 1 atom stereocenters. The molecule has 2 aromatic rings. The van der Waals surface area contributed by atoms with Crippen LogP contribution < -0.4 is 5.32 Å². The highest BCUT2D eigenvalue weighted by Crippen LogP contribution is 2.44. The monoisotopic (exact) mass is 525 g/mol. The molecular weight excluding hydrogens is 490 g/mol. The summed E-state index contributed by atoms with van der Waals surface area (Å²) in [6, 6.07) is 15.3. The Kier molecular flexibility index (Phi) is 10.2. The molecule has 0 spiro atoms. The second kappa shape index (κ2) is 13.3. The molecule has 0 aliphatic heterocycles. The van der Waals surface area contributed by atoms with Crippen LogP contribution in [0.4, 0.5) is 4.79 Å². The molecule has 198 valence electrons. The molecule has 0 bridgehead atoms. The molecular formula is C29H35NO6S. The summed E-state index contributed by atoms with van der Waals surface area (Å²) in [5.41, 5.74) is 3.98. The average molecular weight is 526 g/mol. The number of thioether (sulfide) groups is 1. The van der Waals surface area contributed by atoms with Gasteiger partial charge >= 0.3 is 18.0 Å². The van der Waals surface area contributed by atoms with E-state index in [-0.39, 0.29) is 37.3 Å². The van der Waals surface area contributed by atoms with Crippen LogP contribution in [0.2, 0.25) is 0 Å². The van der Waals surface area contributed by atoms with E-state index in [1.807, 2.05) is 57.2 Å². The van der Waals surface area contributed by atoms with Crippen LogP contribution in [0.5, 0.6) is 0 Å². The van der Waals surface area contributed by atoms with E-state index in [0.29, 0.717) is 12.2 Å². The van der Waals surface area contributed by atoms with E-state index in [2.05, 4.69) is 24.0 Å². The van der Waals surface area contributed by atoms with Crippen molar-refractivity contribution in [2.75, 3.05) is 24.7 Å². The Hall–Kier alpha value is -3.26. The maximum atomic E-state index is 12.7. The second-order valence-electron chi connectivity index (χ2n) is 9.71. The van der Waals surface area contributed by atoms with Gasteiger partial charge in [0.2, 0.25) is 0 Å². The predicted octanol–water partition coefficient (Wildman–Crippen LogP) is 5.48. The Morgan fingerprint density at radius 1 is 1.03 bits per heavy atom. The van der Waals surface area contributed by atoms with Crippen LogP contribution >= 0.6 is 11.8 Å². The average Bonchev–Trinajstić information content (AvgIpc) is 3.17. The topological polar surface area (TPSA) is 90.9 Å². The molecule has 1 aliphatic carbocycles. The highest BCUT2D eigenvalue weighted by atomic mass is 32.2. The molecule has 7 nitrogen and oxygen atoms in total. The lowest BCUT2D eigenvalue weighted by Crippen LogP contribution is -2.44. The smallest absolute Gasteiger partial charge is 0.407 e. The molecule has 37 heavy (non-hydrogen) atoms. The van der Waals surface area contributed by atoms with Gasteiger partial charge in [-0.25, -0.2) is 9.59 Å². The van der Waals surface area contributed by atoms with E-state index in [1.165, 1.54) is 17.8 Å². The van der Waals surface area contributed by atoms with Crippen molar-refractivity contribution in [3.8, 4) is 11.1 Å². The van der Waals surface area contributed by atoms with E-state index in [9.17, 15) is 14.4 Å². The molecule has 2 aromatic carbocycles. The predicted molar refractivity (Wildman–Crippen MR) is 146 cm³/mol. The van der Waals surface area contributed by atoms with Crippen LogP contribution in [0.15, 0.2) is 61.2 Å². The molecule has 0 unspecified atom stereocenters. The third kappa shape index (κ3) is 8.39. The van der Waals surface area contributed by atoms with Gasteiger partial charge in [-0.3, -0.25) is 4.79 Å². The van der Waals surface area contributed by atoms with Crippen molar-refractivity contribution in [1.82, 2.24) is 5.32 Å². The van der Waals surface area contributed by atoms with Crippen molar-refractivity contribution in [1.29, 1.82) is 0 Å². The van der Waals surface area contributed by atoms with E-state index < -0.39 is 23.7 Å². The van der Waals surface area contributed by atoms with Crippen molar-refractivity contribution in [3.05, 3.63) is 72.3 Å². The highest BCUT2D eigenvalue weighted by molar-refractivity contribution is 7.99. The van der Waals surface area contributed by atoms with Crippen molar-refractivity contribution >= 4 is 29.8 Å². The van der Waals surface area contributed by atoms with Gasteiger partial charge in [0.1, 0.15) is 24.9 Å². The fourth-order valence-electron chi connectivity index (χ4n) is 4.10. The molecule has 1 amide bonds. The zero-order valence-corrected chi connectivity index (χ0v) is 22.5. The first-order valence-corrected chi connectivity index (χ1v) is 13.5.